The van der Waals surface area contributed by atoms with Crippen LogP contribution < -0.4 is 9.46 Å². The monoisotopic (exact) mass is 345 g/mol. The summed E-state index contributed by atoms with van der Waals surface area (Å²) in [6.45, 7) is 1.07. The van der Waals surface area contributed by atoms with Crippen molar-refractivity contribution in [1.82, 2.24) is 4.72 Å². The first-order chi connectivity index (χ1) is 11.6. The van der Waals surface area contributed by atoms with Crippen LogP contribution in [0.5, 0.6) is 5.75 Å². The Hall–Kier alpha value is -1.85. The molecule has 0 saturated carbocycles. The highest BCUT2D eigenvalue weighted by atomic mass is 32.2. The molecule has 2 aromatic carbocycles. The van der Waals surface area contributed by atoms with Crippen molar-refractivity contribution >= 4 is 10.0 Å². The molecule has 3 rings (SSSR count). The number of sulfonamides is 1. The van der Waals surface area contributed by atoms with E-state index in [-0.39, 0.29) is 11.7 Å². The lowest BCUT2D eigenvalue weighted by atomic mass is 9.93. The van der Waals surface area contributed by atoms with Crippen LogP contribution in [0.1, 0.15) is 29.9 Å². The number of ether oxygens (including phenoxy) is 1. The molecule has 1 heterocycles. The number of benzene rings is 2. The molecule has 1 aliphatic rings. The summed E-state index contributed by atoms with van der Waals surface area (Å²) in [5.74, 6) is 1.21. The average molecular weight is 345 g/mol. The van der Waals surface area contributed by atoms with Crippen LogP contribution in [0.25, 0.3) is 0 Å². The van der Waals surface area contributed by atoms with E-state index in [2.05, 4.69) is 4.72 Å². The lowest BCUT2D eigenvalue weighted by molar-refractivity contribution is 0.267. The van der Waals surface area contributed by atoms with E-state index in [4.69, 9.17) is 4.74 Å². The summed E-state index contributed by atoms with van der Waals surface area (Å²) in [5.41, 5.74) is 2.27. The van der Waals surface area contributed by atoms with E-state index in [9.17, 15) is 8.42 Å². The highest BCUT2D eigenvalue weighted by Gasteiger charge is 2.22. The third-order valence-electron chi connectivity index (χ3n) is 4.35. The minimum atomic E-state index is -3.24. The molecule has 0 spiro atoms. The van der Waals surface area contributed by atoms with E-state index in [1.807, 2.05) is 54.6 Å². The second-order valence-electron chi connectivity index (χ2n) is 6.13. The summed E-state index contributed by atoms with van der Waals surface area (Å²) >= 11 is 0. The van der Waals surface area contributed by atoms with Crippen molar-refractivity contribution in [3.63, 3.8) is 0 Å². The fraction of sp³-hybridized carbons (Fsp3) is 0.368. The molecule has 0 saturated heterocycles. The molecule has 0 aliphatic carbocycles. The van der Waals surface area contributed by atoms with Gasteiger partial charge in [-0.2, -0.15) is 0 Å². The lowest BCUT2D eigenvalue weighted by Crippen LogP contribution is -2.32. The van der Waals surface area contributed by atoms with Crippen molar-refractivity contribution in [2.45, 2.75) is 25.2 Å². The Kier molecular flexibility index (Phi) is 5.53. The Morgan fingerprint density at radius 3 is 2.62 bits per heavy atom. The number of hydrogen-bond acceptors (Lipinski definition) is 3. The van der Waals surface area contributed by atoms with Gasteiger partial charge in [-0.3, -0.25) is 0 Å². The third-order valence-corrected chi connectivity index (χ3v) is 5.79. The number of fused-ring (bicyclic) bond motifs is 1. The van der Waals surface area contributed by atoms with Gasteiger partial charge in [0.1, 0.15) is 5.75 Å². The first-order valence-corrected chi connectivity index (χ1v) is 10.0. The molecule has 0 fully saturated rings. The largest absolute Gasteiger partial charge is 0.493 e. The zero-order valence-electron chi connectivity index (χ0n) is 13.6. The summed E-state index contributed by atoms with van der Waals surface area (Å²) in [7, 11) is -3.24. The molecular formula is C19H23NO3S. The maximum atomic E-state index is 12.2. The van der Waals surface area contributed by atoms with Crippen LogP contribution in [0.15, 0.2) is 54.6 Å². The van der Waals surface area contributed by atoms with E-state index in [1.165, 1.54) is 5.56 Å². The minimum Gasteiger partial charge on any atom is -0.493 e. The highest BCUT2D eigenvalue weighted by Crippen LogP contribution is 2.32. The Morgan fingerprint density at radius 1 is 1.04 bits per heavy atom. The summed E-state index contributed by atoms with van der Waals surface area (Å²) in [4.78, 5) is 0. The van der Waals surface area contributed by atoms with E-state index in [1.54, 1.807) is 0 Å². The molecule has 0 bridgehead atoms. The number of nitrogens with one attached hydrogen (secondary N) is 1. The van der Waals surface area contributed by atoms with Crippen LogP contribution in [-0.2, 0) is 16.4 Å². The number of para-hydroxylation sites is 1. The van der Waals surface area contributed by atoms with E-state index < -0.39 is 10.0 Å². The first-order valence-electron chi connectivity index (χ1n) is 8.37. The maximum absolute atomic E-state index is 12.2. The smallest absolute Gasteiger partial charge is 0.211 e. The van der Waals surface area contributed by atoms with Crippen molar-refractivity contribution in [1.29, 1.82) is 0 Å². The standard InChI is InChI=1S/C19H23NO3S/c21-24(22,14-6-9-16-7-2-1-3-8-16)20-15-17-12-13-23-19-11-5-4-10-18(17)19/h1-5,7-8,10-11,17,20H,6,9,12-15H2. The normalized spacial score (nSPS) is 17.1. The predicted octanol–water partition coefficient (Wildman–Crippen LogP) is 3.10. The quantitative estimate of drug-likeness (QED) is 0.839. The van der Waals surface area contributed by atoms with Gasteiger partial charge in [0.2, 0.25) is 10.0 Å². The Morgan fingerprint density at radius 2 is 1.79 bits per heavy atom. The first kappa shape index (κ1) is 17.0. The van der Waals surface area contributed by atoms with Crippen molar-refractivity contribution in [3.8, 4) is 5.75 Å². The van der Waals surface area contributed by atoms with Crippen LogP contribution in [-0.4, -0.2) is 27.3 Å². The van der Waals surface area contributed by atoms with Crippen LogP contribution in [0.3, 0.4) is 0 Å². The summed E-state index contributed by atoms with van der Waals surface area (Å²) in [5, 5.41) is 0. The fourth-order valence-corrected chi connectivity index (χ4v) is 4.16. The van der Waals surface area contributed by atoms with Gasteiger partial charge in [0.15, 0.2) is 0 Å². The minimum absolute atomic E-state index is 0.159. The van der Waals surface area contributed by atoms with Crippen molar-refractivity contribution < 1.29 is 13.2 Å². The van der Waals surface area contributed by atoms with Gasteiger partial charge < -0.3 is 4.74 Å². The molecule has 24 heavy (non-hydrogen) atoms. The van der Waals surface area contributed by atoms with Crippen LogP contribution in [0.2, 0.25) is 0 Å². The summed E-state index contributed by atoms with van der Waals surface area (Å²) in [6, 6.07) is 17.8. The molecule has 128 valence electrons. The van der Waals surface area contributed by atoms with Crippen molar-refractivity contribution in [2.75, 3.05) is 18.9 Å². The van der Waals surface area contributed by atoms with Crippen LogP contribution >= 0.6 is 0 Å². The fourth-order valence-electron chi connectivity index (χ4n) is 3.04. The molecule has 0 amide bonds. The molecule has 1 unspecified atom stereocenters. The molecule has 1 atom stereocenters. The number of hydrogen-bond donors (Lipinski definition) is 1. The van der Waals surface area contributed by atoms with Gasteiger partial charge in [0.25, 0.3) is 0 Å². The van der Waals surface area contributed by atoms with Gasteiger partial charge in [-0.15, -0.1) is 0 Å². The molecule has 2 aromatic rings. The Balaban J connectivity index is 1.51. The second-order valence-corrected chi connectivity index (χ2v) is 8.05. The molecule has 0 radical (unpaired) electrons. The van der Waals surface area contributed by atoms with Gasteiger partial charge in [-0.25, -0.2) is 13.1 Å². The predicted molar refractivity (Wildman–Crippen MR) is 95.8 cm³/mol. The number of rotatable bonds is 7. The second kappa shape index (κ2) is 7.81. The zero-order valence-corrected chi connectivity index (χ0v) is 14.5. The lowest BCUT2D eigenvalue weighted by Gasteiger charge is -2.26. The van der Waals surface area contributed by atoms with Gasteiger partial charge in [-0.1, -0.05) is 48.5 Å². The third kappa shape index (κ3) is 4.58. The van der Waals surface area contributed by atoms with Crippen LogP contribution in [0, 0.1) is 0 Å². The molecule has 1 N–H and O–H groups in total. The molecular weight excluding hydrogens is 322 g/mol. The van der Waals surface area contributed by atoms with Gasteiger partial charge in [0, 0.05) is 12.5 Å². The van der Waals surface area contributed by atoms with Crippen molar-refractivity contribution in [3.05, 3.63) is 65.7 Å². The topological polar surface area (TPSA) is 55.4 Å². The Labute approximate surface area is 143 Å². The van der Waals surface area contributed by atoms with Gasteiger partial charge in [0.05, 0.1) is 12.4 Å². The Bertz CT molecular complexity index is 759. The number of aryl methyl sites for hydroxylation is 1. The van der Waals surface area contributed by atoms with Gasteiger partial charge in [-0.05, 0) is 36.5 Å². The summed E-state index contributed by atoms with van der Waals surface area (Å²) in [6.07, 6.45) is 2.25. The average Bonchev–Trinajstić information content (AvgIpc) is 2.61. The molecule has 0 aromatic heterocycles. The highest BCUT2D eigenvalue weighted by molar-refractivity contribution is 7.89. The maximum Gasteiger partial charge on any atom is 0.211 e. The van der Waals surface area contributed by atoms with Crippen LogP contribution in [0.4, 0.5) is 0 Å². The molecule has 1 aliphatic heterocycles. The molecule has 4 nitrogen and oxygen atoms in total. The SMILES string of the molecule is O=S(=O)(CCCc1ccccc1)NCC1CCOc2ccccc21. The zero-order chi connectivity index (χ0) is 16.8. The van der Waals surface area contributed by atoms with E-state index >= 15 is 0 Å². The molecule has 5 heteroatoms. The van der Waals surface area contributed by atoms with Crippen molar-refractivity contribution in [2.24, 2.45) is 0 Å². The summed E-state index contributed by atoms with van der Waals surface area (Å²) < 4.78 is 32.9. The van der Waals surface area contributed by atoms with Gasteiger partial charge >= 0.3 is 0 Å². The van der Waals surface area contributed by atoms with E-state index in [0.29, 0.717) is 19.6 Å². The van der Waals surface area contributed by atoms with E-state index in [0.717, 1.165) is 24.2 Å².